The van der Waals surface area contributed by atoms with Crippen LogP contribution in [0.4, 0.5) is 5.95 Å². The molecule has 0 radical (unpaired) electrons. The SMILES string of the molecule is CCCOc1nc(Cl)nc(NCCC(=O)NCC(C)C)n1. The van der Waals surface area contributed by atoms with Gasteiger partial charge in [0.05, 0.1) is 6.61 Å². The van der Waals surface area contributed by atoms with E-state index < -0.39 is 0 Å². The molecule has 118 valence electrons. The molecule has 0 aliphatic heterocycles. The molecule has 0 atom stereocenters. The van der Waals surface area contributed by atoms with Gasteiger partial charge in [-0.25, -0.2) is 0 Å². The Labute approximate surface area is 129 Å². The summed E-state index contributed by atoms with van der Waals surface area (Å²) in [6.07, 6.45) is 1.18. The van der Waals surface area contributed by atoms with Crippen LogP contribution in [-0.4, -0.2) is 40.6 Å². The molecule has 1 heterocycles. The molecule has 21 heavy (non-hydrogen) atoms. The molecule has 7 nitrogen and oxygen atoms in total. The van der Waals surface area contributed by atoms with Crippen molar-refractivity contribution in [1.29, 1.82) is 0 Å². The van der Waals surface area contributed by atoms with E-state index in [9.17, 15) is 4.79 Å². The molecule has 0 bridgehead atoms. The number of hydrogen-bond acceptors (Lipinski definition) is 6. The summed E-state index contributed by atoms with van der Waals surface area (Å²) in [5.74, 6) is 0.721. The third-order valence-electron chi connectivity index (χ3n) is 2.37. The molecule has 1 amide bonds. The molecule has 0 unspecified atom stereocenters. The van der Waals surface area contributed by atoms with E-state index in [1.165, 1.54) is 0 Å². The summed E-state index contributed by atoms with van der Waals surface area (Å²) in [4.78, 5) is 23.4. The largest absolute Gasteiger partial charge is 0.463 e. The highest BCUT2D eigenvalue weighted by Crippen LogP contribution is 2.11. The lowest BCUT2D eigenvalue weighted by atomic mass is 10.2. The standard InChI is InChI=1S/C13H22ClN5O2/c1-4-7-21-13-18-11(14)17-12(19-13)15-6-5-10(20)16-8-9(2)3/h9H,4-8H2,1-3H3,(H,16,20)(H,15,17,18,19). The molecule has 0 aliphatic carbocycles. The van der Waals surface area contributed by atoms with Crippen molar-refractivity contribution in [2.24, 2.45) is 5.92 Å². The fraction of sp³-hybridized carbons (Fsp3) is 0.692. The minimum absolute atomic E-state index is 0.0150. The molecular weight excluding hydrogens is 294 g/mol. The Bertz CT molecular complexity index is 456. The first kappa shape index (κ1) is 17.4. The molecule has 8 heteroatoms. The molecule has 2 N–H and O–H groups in total. The second-order valence-corrected chi connectivity index (χ2v) is 5.27. The molecule has 1 aromatic rings. The number of halogens is 1. The van der Waals surface area contributed by atoms with Gasteiger partial charge in [0.2, 0.25) is 17.1 Å². The Morgan fingerprint density at radius 3 is 2.76 bits per heavy atom. The van der Waals surface area contributed by atoms with Gasteiger partial charge in [-0.15, -0.1) is 0 Å². The monoisotopic (exact) mass is 315 g/mol. The van der Waals surface area contributed by atoms with Crippen molar-refractivity contribution in [3.63, 3.8) is 0 Å². The first-order valence-corrected chi connectivity index (χ1v) is 7.44. The minimum atomic E-state index is -0.0150. The minimum Gasteiger partial charge on any atom is -0.463 e. The highest BCUT2D eigenvalue weighted by molar-refractivity contribution is 6.28. The van der Waals surface area contributed by atoms with Crippen LogP contribution in [0.5, 0.6) is 6.01 Å². The van der Waals surface area contributed by atoms with E-state index in [4.69, 9.17) is 16.3 Å². The van der Waals surface area contributed by atoms with Crippen molar-refractivity contribution >= 4 is 23.5 Å². The second-order valence-electron chi connectivity index (χ2n) is 4.93. The first-order valence-electron chi connectivity index (χ1n) is 7.06. The third kappa shape index (κ3) is 7.65. The number of hydrogen-bond donors (Lipinski definition) is 2. The maximum Gasteiger partial charge on any atom is 0.322 e. The van der Waals surface area contributed by atoms with Gasteiger partial charge in [0.15, 0.2) is 0 Å². The number of ether oxygens (including phenoxy) is 1. The summed E-state index contributed by atoms with van der Waals surface area (Å²) in [5, 5.41) is 5.83. The van der Waals surface area contributed by atoms with Crippen molar-refractivity contribution in [1.82, 2.24) is 20.3 Å². The normalized spacial score (nSPS) is 10.5. The van der Waals surface area contributed by atoms with Gasteiger partial charge in [-0.3, -0.25) is 4.79 Å². The van der Waals surface area contributed by atoms with Crippen molar-refractivity contribution in [2.45, 2.75) is 33.6 Å². The van der Waals surface area contributed by atoms with Gasteiger partial charge in [0, 0.05) is 19.5 Å². The van der Waals surface area contributed by atoms with Crippen LogP contribution in [0.1, 0.15) is 33.6 Å². The molecule has 1 aromatic heterocycles. The van der Waals surface area contributed by atoms with Gasteiger partial charge >= 0.3 is 6.01 Å². The predicted octanol–water partition coefficient (Wildman–Crippen LogP) is 1.89. The van der Waals surface area contributed by atoms with Crippen molar-refractivity contribution in [3.05, 3.63) is 5.28 Å². The number of rotatable bonds is 9. The zero-order chi connectivity index (χ0) is 15.7. The quantitative estimate of drug-likeness (QED) is 0.723. The maximum atomic E-state index is 11.6. The van der Waals surface area contributed by atoms with Crippen molar-refractivity contribution in [2.75, 3.05) is 25.0 Å². The maximum absolute atomic E-state index is 11.6. The number of anilines is 1. The summed E-state index contributed by atoms with van der Waals surface area (Å²) in [7, 11) is 0. The van der Waals surface area contributed by atoms with Crippen LogP contribution in [0.25, 0.3) is 0 Å². The average Bonchev–Trinajstić information content (AvgIpc) is 2.42. The smallest absolute Gasteiger partial charge is 0.322 e. The van der Waals surface area contributed by atoms with Crippen molar-refractivity contribution < 1.29 is 9.53 Å². The molecule has 0 saturated heterocycles. The summed E-state index contributed by atoms with van der Waals surface area (Å²) >= 11 is 5.79. The van der Waals surface area contributed by atoms with Crippen LogP contribution in [0.15, 0.2) is 0 Å². The molecule has 0 spiro atoms. The van der Waals surface area contributed by atoms with Crippen molar-refractivity contribution in [3.8, 4) is 6.01 Å². The lowest BCUT2D eigenvalue weighted by Crippen LogP contribution is -2.28. The van der Waals surface area contributed by atoms with E-state index in [-0.39, 0.29) is 17.2 Å². The fourth-order valence-electron chi connectivity index (χ4n) is 1.36. The molecule has 0 fully saturated rings. The second kappa shape index (κ2) is 9.33. The third-order valence-corrected chi connectivity index (χ3v) is 2.53. The topological polar surface area (TPSA) is 89.0 Å². The molecule has 1 rings (SSSR count). The Kier molecular flexibility index (Phi) is 7.74. The van der Waals surface area contributed by atoms with E-state index >= 15 is 0 Å². The zero-order valence-electron chi connectivity index (χ0n) is 12.6. The van der Waals surface area contributed by atoms with E-state index in [0.717, 1.165) is 6.42 Å². The van der Waals surface area contributed by atoms with Crippen LogP contribution in [0.2, 0.25) is 5.28 Å². The average molecular weight is 316 g/mol. The molecule has 0 saturated carbocycles. The zero-order valence-corrected chi connectivity index (χ0v) is 13.4. The van der Waals surface area contributed by atoms with Gasteiger partial charge in [-0.1, -0.05) is 20.8 Å². The Morgan fingerprint density at radius 1 is 1.33 bits per heavy atom. The van der Waals surface area contributed by atoms with E-state index in [2.05, 4.69) is 25.6 Å². The lowest BCUT2D eigenvalue weighted by Gasteiger charge is -2.09. The van der Waals surface area contributed by atoms with Crippen LogP contribution in [0, 0.1) is 5.92 Å². The lowest BCUT2D eigenvalue weighted by molar-refractivity contribution is -0.120. The van der Waals surface area contributed by atoms with Gasteiger partial charge < -0.3 is 15.4 Å². The molecular formula is C13H22ClN5O2. The number of amides is 1. The fourth-order valence-corrected chi connectivity index (χ4v) is 1.52. The van der Waals surface area contributed by atoms with Crippen LogP contribution >= 0.6 is 11.6 Å². The Balaban J connectivity index is 2.40. The van der Waals surface area contributed by atoms with E-state index in [1.54, 1.807) is 0 Å². The summed E-state index contributed by atoms with van der Waals surface area (Å²) in [5.41, 5.74) is 0. The van der Waals surface area contributed by atoms with Gasteiger partial charge in [0.1, 0.15) is 0 Å². The Hall–Kier alpha value is -1.63. The summed E-state index contributed by atoms with van der Waals surface area (Å²) < 4.78 is 5.30. The van der Waals surface area contributed by atoms with Gasteiger partial charge in [-0.05, 0) is 23.9 Å². The van der Waals surface area contributed by atoms with Gasteiger partial charge in [0.25, 0.3) is 0 Å². The number of carbonyl (C=O) groups is 1. The number of aromatic nitrogens is 3. The number of nitrogens with one attached hydrogen (secondary N) is 2. The number of carbonyl (C=O) groups excluding carboxylic acids is 1. The molecule has 0 aromatic carbocycles. The van der Waals surface area contributed by atoms with E-state index in [1.807, 2.05) is 20.8 Å². The van der Waals surface area contributed by atoms with Gasteiger partial charge in [-0.2, -0.15) is 15.0 Å². The highest BCUT2D eigenvalue weighted by atomic mass is 35.5. The highest BCUT2D eigenvalue weighted by Gasteiger charge is 2.07. The molecule has 0 aliphatic rings. The van der Waals surface area contributed by atoms with Crippen LogP contribution < -0.4 is 15.4 Å². The number of nitrogens with zero attached hydrogens (tertiary/aromatic N) is 3. The van der Waals surface area contributed by atoms with Crippen LogP contribution in [0.3, 0.4) is 0 Å². The van der Waals surface area contributed by atoms with E-state index in [0.29, 0.717) is 38.0 Å². The van der Waals surface area contributed by atoms with Crippen LogP contribution in [-0.2, 0) is 4.79 Å². The first-order chi connectivity index (χ1) is 10.0. The summed E-state index contributed by atoms with van der Waals surface area (Å²) in [6.45, 7) is 7.67. The Morgan fingerprint density at radius 2 is 2.10 bits per heavy atom. The summed E-state index contributed by atoms with van der Waals surface area (Å²) in [6, 6.07) is 0.184. The predicted molar refractivity (Wildman–Crippen MR) is 81.6 cm³/mol.